The van der Waals surface area contributed by atoms with Gasteiger partial charge in [0.2, 0.25) is 0 Å². The number of ketones is 2. The van der Waals surface area contributed by atoms with Gasteiger partial charge < -0.3 is 0 Å². The first kappa shape index (κ1) is 13.3. The van der Waals surface area contributed by atoms with Gasteiger partial charge in [0.05, 0.1) is 0 Å². The predicted octanol–water partition coefficient (Wildman–Crippen LogP) is 3.00. The Morgan fingerprint density at radius 2 is 1.00 bits per heavy atom. The predicted molar refractivity (Wildman–Crippen MR) is 58.2 cm³/mol. The SMILES string of the molecule is CC.CC(=O)C1CCC(C(C)=O)CC1. The van der Waals surface area contributed by atoms with Gasteiger partial charge in [-0.05, 0) is 39.5 Å². The summed E-state index contributed by atoms with van der Waals surface area (Å²) in [5.41, 5.74) is 0. The third-order valence-electron chi connectivity index (χ3n) is 2.88. The topological polar surface area (TPSA) is 34.1 Å². The quantitative estimate of drug-likeness (QED) is 0.683. The van der Waals surface area contributed by atoms with Gasteiger partial charge >= 0.3 is 0 Å². The van der Waals surface area contributed by atoms with Crippen LogP contribution in [-0.2, 0) is 9.59 Å². The van der Waals surface area contributed by atoms with Gasteiger partial charge in [-0.25, -0.2) is 0 Å². The highest BCUT2D eigenvalue weighted by Crippen LogP contribution is 2.29. The Kier molecular flexibility index (Phi) is 6.43. The van der Waals surface area contributed by atoms with Gasteiger partial charge in [-0.2, -0.15) is 0 Å². The number of hydrogen-bond acceptors (Lipinski definition) is 2. The minimum Gasteiger partial charge on any atom is -0.300 e. The van der Waals surface area contributed by atoms with E-state index in [1.54, 1.807) is 13.8 Å². The number of Topliss-reactive ketones (excluding diaryl/α,β-unsaturated/α-hetero) is 2. The summed E-state index contributed by atoms with van der Waals surface area (Å²) in [4.78, 5) is 22.0. The second-order valence-corrected chi connectivity index (χ2v) is 3.77. The van der Waals surface area contributed by atoms with Crippen LogP contribution in [0.15, 0.2) is 0 Å². The lowest BCUT2D eigenvalue weighted by atomic mass is 9.79. The van der Waals surface area contributed by atoms with Crippen LogP contribution in [0.3, 0.4) is 0 Å². The molecule has 0 aromatic heterocycles. The fourth-order valence-electron chi connectivity index (χ4n) is 1.91. The van der Waals surface area contributed by atoms with Crippen molar-refractivity contribution in [3.8, 4) is 0 Å². The summed E-state index contributed by atoms with van der Waals surface area (Å²) < 4.78 is 0. The van der Waals surface area contributed by atoms with Crippen molar-refractivity contribution in [1.29, 1.82) is 0 Å². The van der Waals surface area contributed by atoms with E-state index in [1.807, 2.05) is 13.8 Å². The van der Waals surface area contributed by atoms with Crippen molar-refractivity contribution < 1.29 is 9.59 Å². The molecule has 0 spiro atoms. The van der Waals surface area contributed by atoms with E-state index in [9.17, 15) is 9.59 Å². The molecular weight excluding hydrogens is 176 g/mol. The van der Waals surface area contributed by atoms with Crippen molar-refractivity contribution in [3.63, 3.8) is 0 Å². The van der Waals surface area contributed by atoms with E-state index >= 15 is 0 Å². The van der Waals surface area contributed by atoms with Crippen LogP contribution >= 0.6 is 0 Å². The van der Waals surface area contributed by atoms with E-state index in [1.165, 1.54) is 0 Å². The largest absolute Gasteiger partial charge is 0.300 e. The zero-order valence-corrected chi connectivity index (χ0v) is 9.80. The molecule has 2 heteroatoms. The molecule has 0 aromatic rings. The molecular formula is C12H22O2. The molecule has 1 saturated carbocycles. The second kappa shape index (κ2) is 6.74. The maximum atomic E-state index is 11.0. The van der Waals surface area contributed by atoms with Gasteiger partial charge in [0.1, 0.15) is 11.6 Å². The first-order valence-corrected chi connectivity index (χ1v) is 5.62. The smallest absolute Gasteiger partial charge is 0.132 e. The summed E-state index contributed by atoms with van der Waals surface area (Å²) in [6.07, 6.45) is 3.66. The normalized spacial score (nSPS) is 26.0. The lowest BCUT2D eigenvalue weighted by molar-refractivity contribution is -0.126. The van der Waals surface area contributed by atoms with Gasteiger partial charge in [0.25, 0.3) is 0 Å². The van der Waals surface area contributed by atoms with Gasteiger partial charge in [0.15, 0.2) is 0 Å². The van der Waals surface area contributed by atoms with E-state index in [2.05, 4.69) is 0 Å². The summed E-state index contributed by atoms with van der Waals surface area (Å²) in [5.74, 6) is 1.05. The zero-order chi connectivity index (χ0) is 11.1. The Labute approximate surface area is 87.1 Å². The van der Waals surface area contributed by atoms with E-state index in [4.69, 9.17) is 0 Å². The maximum absolute atomic E-state index is 11.0. The molecule has 14 heavy (non-hydrogen) atoms. The molecule has 0 N–H and O–H groups in total. The molecule has 1 fully saturated rings. The van der Waals surface area contributed by atoms with Crippen molar-refractivity contribution in [2.45, 2.75) is 53.4 Å². The standard InChI is InChI=1S/C10H16O2.C2H6/c1-7(11)9-3-5-10(6-4-9)8(2)12;1-2/h9-10H,3-6H2,1-2H3;1-2H3. The third kappa shape index (κ3) is 4.03. The fraction of sp³-hybridized carbons (Fsp3) is 0.833. The summed E-state index contributed by atoms with van der Waals surface area (Å²) in [6.45, 7) is 7.30. The lowest BCUT2D eigenvalue weighted by Crippen LogP contribution is -2.23. The molecule has 0 unspecified atom stereocenters. The van der Waals surface area contributed by atoms with Crippen LogP contribution in [0.1, 0.15) is 53.4 Å². The van der Waals surface area contributed by atoms with Crippen molar-refractivity contribution in [1.82, 2.24) is 0 Å². The molecule has 0 amide bonds. The van der Waals surface area contributed by atoms with Crippen molar-refractivity contribution in [2.75, 3.05) is 0 Å². The summed E-state index contributed by atoms with van der Waals surface area (Å²) in [7, 11) is 0. The highest BCUT2D eigenvalue weighted by atomic mass is 16.1. The number of carbonyl (C=O) groups is 2. The number of hydrogen-bond donors (Lipinski definition) is 0. The van der Waals surface area contributed by atoms with Crippen LogP contribution in [0.4, 0.5) is 0 Å². The van der Waals surface area contributed by atoms with Crippen molar-refractivity contribution in [2.24, 2.45) is 11.8 Å². The Balaban J connectivity index is 0.000000791. The van der Waals surface area contributed by atoms with E-state index in [0.29, 0.717) is 0 Å². The van der Waals surface area contributed by atoms with Gasteiger partial charge in [0, 0.05) is 11.8 Å². The van der Waals surface area contributed by atoms with Gasteiger partial charge in [-0.3, -0.25) is 9.59 Å². The number of rotatable bonds is 2. The van der Waals surface area contributed by atoms with Crippen molar-refractivity contribution >= 4 is 11.6 Å². The molecule has 0 aliphatic heterocycles. The molecule has 82 valence electrons. The monoisotopic (exact) mass is 198 g/mol. The highest BCUT2D eigenvalue weighted by molar-refractivity contribution is 5.80. The summed E-state index contributed by atoms with van der Waals surface area (Å²) in [6, 6.07) is 0. The van der Waals surface area contributed by atoms with E-state index < -0.39 is 0 Å². The summed E-state index contributed by atoms with van der Waals surface area (Å²) >= 11 is 0. The van der Waals surface area contributed by atoms with Gasteiger partial charge in [-0.1, -0.05) is 13.8 Å². The first-order valence-electron chi connectivity index (χ1n) is 5.62. The van der Waals surface area contributed by atoms with Crippen molar-refractivity contribution in [3.05, 3.63) is 0 Å². The first-order chi connectivity index (χ1) is 6.61. The Bertz CT molecular complexity index is 166. The average Bonchev–Trinajstić information content (AvgIpc) is 2.21. The van der Waals surface area contributed by atoms with Crippen LogP contribution in [0.25, 0.3) is 0 Å². The molecule has 0 bridgehead atoms. The molecule has 2 nitrogen and oxygen atoms in total. The third-order valence-corrected chi connectivity index (χ3v) is 2.88. The minimum atomic E-state index is 0.237. The molecule has 1 rings (SSSR count). The maximum Gasteiger partial charge on any atom is 0.132 e. The fourth-order valence-corrected chi connectivity index (χ4v) is 1.91. The molecule has 0 radical (unpaired) electrons. The molecule has 1 aliphatic rings. The molecule has 0 aromatic carbocycles. The van der Waals surface area contributed by atoms with Crippen LogP contribution in [0, 0.1) is 11.8 Å². The lowest BCUT2D eigenvalue weighted by Gasteiger charge is -2.24. The molecule has 1 aliphatic carbocycles. The second-order valence-electron chi connectivity index (χ2n) is 3.77. The van der Waals surface area contributed by atoms with Crippen LogP contribution < -0.4 is 0 Å². The Morgan fingerprint density at radius 1 is 0.786 bits per heavy atom. The average molecular weight is 198 g/mol. The molecule has 0 heterocycles. The summed E-state index contributed by atoms with van der Waals surface area (Å²) in [5, 5.41) is 0. The van der Waals surface area contributed by atoms with E-state index in [-0.39, 0.29) is 23.4 Å². The van der Waals surface area contributed by atoms with Crippen LogP contribution in [-0.4, -0.2) is 11.6 Å². The minimum absolute atomic E-state index is 0.237. The van der Waals surface area contributed by atoms with E-state index in [0.717, 1.165) is 25.7 Å². The zero-order valence-electron chi connectivity index (χ0n) is 9.80. The molecule has 0 atom stereocenters. The Hall–Kier alpha value is -0.660. The Morgan fingerprint density at radius 3 is 1.14 bits per heavy atom. The van der Waals surface area contributed by atoms with Crippen LogP contribution in [0.5, 0.6) is 0 Å². The molecule has 0 saturated heterocycles. The van der Waals surface area contributed by atoms with Gasteiger partial charge in [-0.15, -0.1) is 0 Å². The highest BCUT2D eigenvalue weighted by Gasteiger charge is 2.25. The number of carbonyl (C=O) groups excluding carboxylic acids is 2. The van der Waals surface area contributed by atoms with Crippen LogP contribution in [0.2, 0.25) is 0 Å².